The number of ether oxygens (including phenoxy) is 1. The molecule has 0 amide bonds. The van der Waals surface area contributed by atoms with E-state index in [4.69, 9.17) is 4.74 Å². The van der Waals surface area contributed by atoms with E-state index in [1.165, 1.54) is 5.56 Å². The highest BCUT2D eigenvalue weighted by atomic mass is 127. The van der Waals surface area contributed by atoms with Crippen molar-refractivity contribution in [1.82, 2.24) is 25.4 Å². The van der Waals surface area contributed by atoms with Crippen LogP contribution in [0.25, 0.3) is 0 Å². The topological polar surface area (TPSA) is 76.4 Å². The van der Waals surface area contributed by atoms with Crippen molar-refractivity contribution in [2.45, 2.75) is 39.8 Å². The molecule has 0 unspecified atom stereocenters. The molecule has 0 atom stereocenters. The lowest BCUT2D eigenvalue weighted by Gasteiger charge is -2.12. The summed E-state index contributed by atoms with van der Waals surface area (Å²) < 4.78 is 7.90. The van der Waals surface area contributed by atoms with Crippen LogP contribution in [0.3, 0.4) is 0 Å². The van der Waals surface area contributed by atoms with Crippen LogP contribution in [0.4, 0.5) is 0 Å². The largest absolute Gasteiger partial charge is 0.492 e. The summed E-state index contributed by atoms with van der Waals surface area (Å²) in [7, 11) is 0. The molecule has 1 aromatic carbocycles. The van der Waals surface area contributed by atoms with Crippen LogP contribution in [0.15, 0.2) is 29.3 Å². The first kappa shape index (κ1) is 20.5. The smallest absolute Gasteiger partial charge is 0.191 e. The Hall–Kier alpha value is -1.84. The maximum absolute atomic E-state index is 5.73. The summed E-state index contributed by atoms with van der Waals surface area (Å²) in [6, 6.07) is 8.07. The molecule has 8 heteroatoms. The van der Waals surface area contributed by atoms with Crippen molar-refractivity contribution in [3.8, 4) is 5.75 Å². The maximum Gasteiger partial charge on any atom is 0.191 e. The Morgan fingerprint density at radius 1 is 1.23 bits per heavy atom. The number of aromatic nitrogens is 3. The fourth-order valence-corrected chi connectivity index (χ4v) is 2.79. The average molecular weight is 470 g/mol. The van der Waals surface area contributed by atoms with Gasteiger partial charge in [0.1, 0.15) is 24.7 Å². The quantitative estimate of drug-likeness (QED) is 0.281. The molecule has 0 fully saturated rings. The lowest BCUT2D eigenvalue weighted by Crippen LogP contribution is -2.39. The van der Waals surface area contributed by atoms with Gasteiger partial charge in [0, 0.05) is 19.5 Å². The van der Waals surface area contributed by atoms with Crippen molar-refractivity contribution in [2.75, 3.05) is 19.7 Å². The number of nitrogens with one attached hydrogen (secondary N) is 2. The SMILES string of the molecule is CCNC(=NCc1nnc2n1CCC2)NCCOc1ccc(C)cc1.I. The number of hydrogen-bond donors (Lipinski definition) is 2. The third-order valence-electron chi connectivity index (χ3n) is 4.09. The molecule has 1 aromatic heterocycles. The molecular formula is C18H27IN6O. The van der Waals surface area contributed by atoms with E-state index in [9.17, 15) is 0 Å². The van der Waals surface area contributed by atoms with Crippen molar-refractivity contribution in [3.05, 3.63) is 41.5 Å². The number of halogens is 1. The van der Waals surface area contributed by atoms with Gasteiger partial charge >= 0.3 is 0 Å². The summed E-state index contributed by atoms with van der Waals surface area (Å²) in [6.45, 7) is 7.71. The number of aliphatic imine (C=N–C) groups is 1. The number of aryl methyl sites for hydroxylation is 2. The second-order valence-corrected chi connectivity index (χ2v) is 6.07. The lowest BCUT2D eigenvalue weighted by atomic mass is 10.2. The zero-order valence-corrected chi connectivity index (χ0v) is 17.7. The molecule has 0 aliphatic carbocycles. The highest BCUT2D eigenvalue weighted by Crippen LogP contribution is 2.14. The van der Waals surface area contributed by atoms with Gasteiger partial charge in [0.2, 0.25) is 0 Å². The molecule has 0 saturated carbocycles. The van der Waals surface area contributed by atoms with Gasteiger partial charge in [-0.3, -0.25) is 0 Å². The molecule has 0 saturated heterocycles. The summed E-state index contributed by atoms with van der Waals surface area (Å²) >= 11 is 0. The van der Waals surface area contributed by atoms with E-state index in [1.54, 1.807) is 0 Å². The van der Waals surface area contributed by atoms with Crippen LogP contribution >= 0.6 is 24.0 Å². The third-order valence-corrected chi connectivity index (χ3v) is 4.09. The molecule has 2 heterocycles. The number of fused-ring (bicyclic) bond motifs is 1. The summed E-state index contributed by atoms with van der Waals surface area (Å²) in [4.78, 5) is 4.61. The van der Waals surface area contributed by atoms with Crippen molar-refractivity contribution >= 4 is 29.9 Å². The van der Waals surface area contributed by atoms with Gasteiger partial charge in [0.15, 0.2) is 11.8 Å². The standard InChI is InChI=1S/C18H26N6O.HI/c1-3-19-18(20-10-12-25-15-8-6-14(2)7-9-15)21-13-17-23-22-16-5-4-11-24(16)17;/h6-9H,3-5,10-13H2,1-2H3,(H2,19,20,21);1H. The van der Waals surface area contributed by atoms with E-state index in [0.717, 1.165) is 49.3 Å². The normalized spacial score (nSPS) is 13.1. The third kappa shape index (κ3) is 5.58. The fraction of sp³-hybridized carbons (Fsp3) is 0.500. The summed E-state index contributed by atoms with van der Waals surface area (Å²) in [6.07, 6.45) is 2.17. The Morgan fingerprint density at radius 2 is 2.04 bits per heavy atom. The van der Waals surface area contributed by atoms with Crippen molar-refractivity contribution < 1.29 is 4.74 Å². The Balaban J connectivity index is 0.00000243. The predicted octanol–water partition coefficient (Wildman–Crippen LogP) is 2.28. The molecule has 26 heavy (non-hydrogen) atoms. The van der Waals surface area contributed by atoms with Crippen LogP contribution < -0.4 is 15.4 Å². The Kier molecular flexibility index (Phi) is 8.14. The molecule has 0 spiro atoms. The summed E-state index contributed by atoms with van der Waals surface area (Å²) in [5.74, 6) is 3.66. The van der Waals surface area contributed by atoms with Gasteiger partial charge in [-0.1, -0.05) is 17.7 Å². The van der Waals surface area contributed by atoms with Crippen molar-refractivity contribution in [1.29, 1.82) is 0 Å². The first-order chi connectivity index (χ1) is 12.3. The summed E-state index contributed by atoms with van der Waals surface area (Å²) in [5.41, 5.74) is 1.23. The van der Waals surface area contributed by atoms with Gasteiger partial charge < -0.3 is 19.9 Å². The Bertz CT molecular complexity index is 713. The Morgan fingerprint density at radius 3 is 2.81 bits per heavy atom. The van der Waals surface area contributed by atoms with Crippen LogP contribution in [0.1, 0.15) is 30.6 Å². The monoisotopic (exact) mass is 470 g/mol. The first-order valence-electron chi connectivity index (χ1n) is 8.89. The molecule has 7 nitrogen and oxygen atoms in total. The molecule has 1 aliphatic rings. The fourth-order valence-electron chi connectivity index (χ4n) is 2.79. The highest BCUT2D eigenvalue weighted by Gasteiger charge is 2.16. The van der Waals surface area contributed by atoms with Gasteiger partial charge in [-0.2, -0.15) is 0 Å². The molecule has 0 bridgehead atoms. The van der Waals surface area contributed by atoms with Crippen LogP contribution in [-0.2, 0) is 19.5 Å². The minimum Gasteiger partial charge on any atom is -0.492 e. The minimum atomic E-state index is 0. The molecule has 1 aliphatic heterocycles. The summed E-state index contributed by atoms with van der Waals surface area (Å²) in [5, 5.41) is 15.0. The highest BCUT2D eigenvalue weighted by molar-refractivity contribution is 14.0. The number of rotatable bonds is 7. The van der Waals surface area contributed by atoms with Gasteiger partial charge in [-0.15, -0.1) is 34.2 Å². The second kappa shape index (κ2) is 10.3. The predicted molar refractivity (Wildman–Crippen MR) is 113 cm³/mol. The average Bonchev–Trinajstić information content (AvgIpc) is 3.22. The van der Waals surface area contributed by atoms with E-state index < -0.39 is 0 Å². The van der Waals surface area contributed by atoms with Crippen molar-refractivity contribution in [2.24, 2.45) is 4.99 Å². The van der Waals surface area contributed by atoms with Crippen LogP contribution in [0.5, 0.6) is 5.75 Å². The zero-order valence-electron chi connectivity index (χ0n) is 15.4. The minimum absolute atomic E-state index is 0. The van der Waals surface area contributed by atoms with E-state index in [0.29, 0.717) is 19.7 Å². The van der Waals surface area contributed by atoms with Crippen LogP contribution in [0.2, 0.25) is 0 Å². The van der Waals surface area contributed by atoms with Gasteiger partial charge in [-0.05, 0) is 32.4 Å². The number of hydrogen-bond acceptors (Lipinski definition) is 4. The van der Waals surface area contributed by atoms with E-state index in [1.807, 2.05) is 24.3 Å². The lowest BCUT2D eigenvalue weighted by molar-refractivity contribution is 0.322. The number of guanidine groups is 1. The molecular weight excluding hydrogens is 443 g/mol. The maximum atomic E-state index is 5.73. The van der Waals surface area contributed by atoms with Crippen LogP contribution in [-0.4, -0.2) is 40.4 Å². The molecule has 0 radical (unpaired) electrons. The van der Waals surface area contributed by atoms with Gasteiger partial charge in [-0.25, -0.2) is 4.99 Å². The second-order valence-electron chi connectivity index (χ2n) is 6.07. The number of nitrogens with zero attached hydrogens (tertiary/aromatic N) is 4. The molecule has 2 N–H and O–H groups in total. The molecule has 142 valence electrons. The van der Waals surface area contributed by atoms with E-state index >= 15 is 0 Å². The number of benzene rings is 1. The van der Waals surface area contributed by atoms with Gasteiger partial charge in [0.05, 0.1) is 6.54 Å². The molecule has 2 aromatic rings. The van der Waals surface area contributed by atoms with E-state index in [-0.39, 0.29) is 24.0 Å². The molecule has 3 rings (SSSR count). The van der Waals surface area contributed by atoms with Crippen molar-refractivity contribution in [3.63, 3.8) is 0 Å². The zero-order chi connectivity index (χ0) is 17.5. The van der Waals surface area contributed by atoms with Gasteiger partial charge in [0.25, 0.3) is 0 Å². The van der Waals surface area contributed by atoms with Crippen LogP contribution in [0, 0.1) is 6.92 Å². The first-order valence-corrected chi connectivity index (χ1v) is 8.89. The van der Waals surface area contributed by atoms with E-state index in [2.05, 4.69) is 44.2 Å². The Labute approximate surface area is 171 Å².